The van der Waals surface area contributed by atoms with E-state index in [4.69, 9.17) is 11.6 Å². The summed E-state index contributed by atoms with van der Waals surface area (Å²) in [5, 5.41) is 0. The van der Waals surface area contributed by atoms with E-state index in [0.717, 1.165) is 11.1 Å². The fraction of sp³-hybridized carbons (Fsp3) is 0.214. The first kappa shape index (κ1) is 16.0. The summed E-state index contributed by atoms with van der Waals surface area (Å²) >= 11 is 7.27. The summed E-state index contributed by atoms with van der Waals surface area (Å²) in [6, 6.07) is 9.70. The number of thiophene rings is 1. The van der Waals surface area contributed by atoms with Crippen LogP contribution in [-0.2, 0) is 16.4 Å². The summed E-state index contributed by atoms with van der Waals surface area (Å²) in [5.74, 6) is -0.231. The molecule has 2 aromatic rings. The van der Waals surface area contributed by atoms with Crippen LogP contribution in [0.1, 0.15) is 15.2 Å². The summed E-state index contributed by atoms with van der Waals surface area (Å²) in [6.07, 6.45) is 1.12. The summed E-state index contributed by atoms with van der Waals surface area (Å²) in [6.45, 7) is 0.430. The Labute approximate surface area is 132 Å². The number of amides is 1. The highest BCUT2D eigenvalue weighted by atomic mass is 35.5. The Morgan fingerprint density at radius 1 is 1.29 bits per heavy atom. The third-order valence-corrected chi connectivity index (χ3v) is 5.20. The predicted octanol–water partition coefficient (Wildman–Crippen LogP) is 3.08. The van der Waals surface area contributed by atoms with Crippen LogP contribution in [0, 0.1) is 0 Å². The van der Waals surface area contributed by atoms with Crippen LogP contribution in [-0.4, -0.2) is 32.5 Å². The minimum atomic E-state index is -3.33. The van der Waals surface area contributed by atoms with Gasteiger partial charge in [0.15, 0.2) is 9.84 Å². The van der Waals surface area contributed by atoms with Gasteiger partial charge in [-0.05, 0) is 30.3 Å². The third-order valence-electron chi connectivity index (χ3n) is 2.88. The lowest BCUT2D eigenvalue weighted by molar-refractivity contribution is 0.0786. The largest absolute Gasteiger partial charge is 0.337 e. The van der Waals surface area contributed by atoms with Crippen LogP contribution in [0.25, 0.3) is 0 Å². The molecule has 2 rings (SSSR count). The molecule has 0 unspecified atom stereocenters. The molecule has 1 aromatic heterocycles. The maximum absolute atomic E-state index is 12.3. The van der Waals surface area contributed by atoms with E-state index in [0.29, 0.717) is 16.4 Å². The van der Waals surface area contributed by atoms with E-state index >= 15 is 0 Å². The highest BCUT2D eigenvalue weighted by Crippen LogP contribution is 2.23. The van der Waals surface area contributed by atoms with Gasteiger partial charge in [0.2, 0.25) is 0 Å². The van der Waals surface area contributed by atoms with Gasteiger partial charge in [0.25, 0.3) is 5.91 Å². The van der Waals surface area contributed by atoms with Crippen LogP contribution in [0.4, 0.5) is 0 Å². The first-order valence-corrected chi connectivity index (χ1v) is 9.16. The number of nitrogens with zero attached hydrogens (tertiary/aromatic N) is 1. The smallest absolute Gasteiger partial charge is 0.253 e. The van der Waals surface area contributed by atoms with E-state index in [1.54, 1.807) is 25.2 Å². The van der Waals surface area contributed by atoms with Crippen LogP contribution in [0.15, 0.2) is 41.3 Å². The highest BCUT2D eigenvalue weighted by molar-refractivity contribution is 7.90. The minimum absolute atomic E-state index is 0.140. The molecule has 1 amide bonds. The zero-order valence-corrected chi connectivity index (χ0v) is 13.9. The van der Waals surface area contributed by atoms with Crippen molar-refractivity contribution in [3.63, 3.8) is 0 Å². The molecule has 4 nitrogen and oxygen atoms in total. The lowest BCUT2D eigenvalue weighted by atomic mass is 10.2. The van der Waals surface area contributed by atoms with Crippen molar-refractivity contribution in [1.29, 1.82) is 0 Å². The minimum Gasteiger partial charge on any atom is -0.337 e. The van der Waals surface area contributed by atoms with Gasteiger partial charge in [-0.3, -0.25) is 4.79 Å². The monoisotopic (exact) mass is 343 g/mol. The van der Waals surface area contributed by atoms with Gasteiger partial charge in [-0.2, -0.15) is 0 Å². The molecule has 0 fully saturated rings. The van der Waals surface area contributed by atoms with Crippen molar-refractivity contribution < 1.29 is 13.2 Å². The Bertz CT molecular complexity index is 768. The van der Waals surface area contributed by atoms with Gasteiger partial charge in [0, 0.05) is 23.7 Å². The second-order valence-electron chi connectivity index (χ2n) is 4.67. The van der Waals surface area contributed by atoms with Crippen molar-refractivity contribution in [1.82, 2.24) is 4.90 Å². The number of benzene rings is 1. The fourth-order valence-corrected chi connectivity index (χ4v) is 3.63. The van der Waals surface area contributed by atoms with Gasteiger partial charge in [0.1, 0.15) is 0 Å². The van der Waals surface area contributed by atoms with E-state index in [-0.39, 0.29) is 10.8 Å². The lowest BCUT2D eigenvalue weighted by Crippen LogP contribution is -2.25. The molecule has 0 aliphatic rings. The molecule has 7 heteroatoms. The molecule has 21 heavy (non-hydrogen) atoms. The Morgan fingerprint density at radius 2 is 2.00 bits per heavy atom. The van der Waals surface area contributed by atoms with Crippen molar-refractivity contribution in [2.24, 2.45) is 0 Å². The maximum atomic E-state index is 12.3. The number of hydrogen-bond acceptors (Lipinski definition) is 4. The van der Waals surface area contributed by atoms with Crippen LogP contribution < -0.4 is 0 Å². The van der Waals surface area contributed by atoms with E-state index in [1.807, 2.05) is 6.07 Å². The maximum Gasteiger partial charge on any atom is 0.253 e. The second-order valence-corrected chi connectivity index (χ2v) is 8.48. The first-order chi connectivity index (χ1) is 9.77. The lowest BCUT2D eigenvalue weighted by Gasteiger charge is -2.16. The highest BCUT2D eigenvalue weighted by Gasteiger charge is 2.15. The Balaban J connectivity index is 2.19. The number of hydrogen-bond donors (Lipinski definition) is 0. The molecule has 1 aromatic carbocycles. The molecule has 0 aliphatic carbocycles. The van der Waals surface area contributed by atoms with Gasteiger partial charge in [-0.15, -0.1) is 11.3 Å². The number of carbonyl (C=O) groups excluding carboxylic acids is 1. The molecule has 0 N–H and O–H groups in total. The summed E-state index contributed by atoms with van der Waals surface area (Å²) in [7, 11) is -1.66. The molecule has 0 radical (unpaired) electrons. The van der Waals surface area contributed by atoms with Gasteiger partial charge >= 0.3 is 0 Å². The molecular formula is C14H14ClNO3S2. The molecule has 0 aliphatic heterocycles. The molecule has 1 heterocycles. The molecule has 112 valence electrons. The molecule has 0 atom stereocenters. The normalized spacial score (nSPS) is 11.4. The Hall–Kier alpha value is -1.37. The van der Waals surface area contributed by atoms with Crippen LogP contribution in [0.3, 0.4) is 0 Å². The molecular weight excluding hydrogens is 330 g/mol. The molecule has 0 spiro atoms. The third kappa shape index (κ3) is 4.06. The molecule has 0 saturated heterocycles. The van der Waals surface area contributed by atoms with E-state index in [1.165, 1.54) is 28.4 Å². The zero-order valence-electron chi connectivity index (χ0n) is 11.5. The second kappa shape index (κ2) is 6.17. The van der Waals surface area contributed by atoms with Crippen LogP contribution in [0.2, 0.25) is 4.34 Å². The van der Waals surface area contributed by atoms with Crippen LogP contribution in [0.5, 0.6) is 0 Å². The van der Waals surface area contributed by atoms with E-state index in [2.05, 4.69) is 0 Å². The Kier molecular flexibility index (Phi) is 4.70. The van der Waals surface area contributed by atoms with Gasteiger partial charge in [-0.25, -0.2) is 8.42 Å². The van der Waals surface area contributed by atoms with Crippen molar-refractivity contribution in [2.75, 3.05) is 13.3 Å². The van der Waals surface area contributed by atoms with Gasteiger partial charge < -0.3 is 4.90 Å². The summed E-state index contributed by atoms with van der Waals surface area (Å²) in [4.78, 5) is 15.0. The average Bonchev–Trinajstić information content (AvgIpc) is 2.82. The van der Waals surface area contributed by atoms with Crippen molar-refractivity contribution in [2.45, 2.75) is 11.4 Å². The number of carbonyl (C=O) groups is 1. The van der Waals surface area contributed by atoms with Crippen molar-refractivity contribution >= 4 is 38.7 Å². The predicted molar refractivity (Wildman–Crippen MR) is 84.7 cm³/mol. The first-order valence-electron chi connectivity index (χ1n) is 6.07. The van der Waals surface area contributed by atoms with Crippen molar-refractivity contribution in [3.8, 4) is 0 Å². The summed E-state index contributed by atoms with van der Waals surface area (Å²) < 4.78 is 23.7. The number of sulfone groups is 1. The van der Waals surface area contributed by atoms with E-state index in [9.17, 15) is 13.2 Å². The quantitative estimate of drug-likeness (QED) is 0.857. The van der Waals surface area contributed by atoms with Crippen LogP contribution >= 0.6 is 22.9 Å². The Morgan fingerprint density at radius 3 is 2.57 bits per heavy atom. The molecule has 0 bridgehead atoms. The SMILES string of the molecule is CN(Cc1ccc(Cl)s1)C(=O)c1cccc(S(C)(=O)=O)c1. The zero-order chi connectivity index (χ0) is 15.6. The fourth-order valence-electron chi connectivity index (χ4n) is 1.82. The average molecular weight is 344 g/mol. The summed E-state index contributed by atoms with van der Waals surface area (Å²) in [5.41, 5.74) is 0.350. The topological polar surface area (TPSA) is 54.5 Å². The molecule has 0 saturated carbocycles. The van der Waals surface area contributed by atoms with Gasteiger partial charge in [0.05, 0.1) is 15.8 Å². The van der Waals surface area contributed by atoms with Gasteiger partial charge in [-0.1, -0.05) is 17.7 Å². The number of halogens is 1. The standard InChI is InChI=1S/C14H14ClNO3S2/c1-16(9-11-6-7-13(15)20-11)14(17)10-4-3-5-12(8-10)21(2,18)19/h3-8H,9H2,1-2H3. The van der Waals surface area contributed by atoms with E-state index < -0.39 is 9.84 Å². The number of rotatable bonds is 4. The van der Waals surface area contributed by atoms with Crippen molar-refractivity contribution in [3.05, 3.63) is 51.2 Å².